The fraction of sp³-hybridized carbons (Fsp3) is 0.632. The van der Waals surface area contributed by atoms with E-state index in [0.717, 1.165) is 43.5 Å². The molecule has 0 amide bonds. The second-order valence-electron chi connectivity index (χ2n) is 7.95. The highest BCUT2D eigenvalue weighted by Gasteiger charge is 2.35. The van der Waals surface area contributed by atoms with Gasteiger partial charge in [0, 0.05) is 49.9 Å². The second kappa shape index (κ2) is 8.37. The van der Waals surface area contributed by atoms with Crippen molar-refractivity contribution < 1.29 is 8.42 Å². The molecule has 0 spiro atoms. The zero-order chi connectivity index (χ0) is 20.4. The van der Waals surface area contributed by atoms with Gasteiger partial charge in [-0.25, -0.2) is 9.97 Å². The summed E-state index contributed by atoms with van der Waals surface area (Å²) in [5, 5.41) is 10.3. The Bertz CT molecular complexity index is 953. The Balaban J connectivity index is 1.52. The lowest BCUT2D eigenvalue weighted by Crippen LogP contribution is -2.49. The van der Waals surface area contributed by atoms with E-state index in [0.29, 0.717) is 43.6 Å². The van der Waals surface area contributed by atoms with E-state index < -0.39 is 10.2 Å². The van der Waals surface area contributed by atoms with Gasteiger partial charge in [-0.1, -0.05) is 6.42 Å². The zero-order valence-corrected chi connectivity index (χ0v) is 17.9. The fourth-order valence-corrected chi connectivity index (χ4v) is 5.90. The van der Waals surface area contributed by atoms with Gasteiger partial charge in [0.15, 0.2) is 5.82 Å². The molecule has 2 aliphatic heterocycles. The molecular formula is C19H29N7O2S. The van der Waals surface area contributed by atoms with Crippen molar-refractivity contribution in [3.8, 4) is 0 Å². The third-order valence-electron chi connectivity index (χ3n) is 5.59. The van der Waals surface area contributed by atoms with Crippen LogP contribution in [0.4, 0.5) is 11.6 Å². The standard InChI is InChI=1S/C19H29N7O2S/c1-14-11-19(24-23-14)22-18-12-17(20-15(2)21-18)16-7-6-10-26(13-16)29(27,28)25-8-4-3-5-9-25/h11-12,16H,3-10,13H2,1-2H3,(H2,20,21,22,23,24)/t16-/m0/s1. The molecule has 2 aromatic heterocycles. The molecule has 0 bridgehead atoms. The summed E-state index contributed by atoms with van der Waals surface area (Å²) in [6.07, 6.45) is 4.76. The number of hydrogen-bond acceptors (Lipinski definition) is 6. The van der Waals surface area contributed by atoms with Gasteiger partial charge in [-0.3, -0.25) is 5.10 Å². The van der Waals surface area contributed by atoms with Gasteiger partial charge < -0.3 is 5.32 Å². The average molecular weight is 420 g/mol. The minimum absolute atomic E-state index is 0.0616. The van der Waals surface area contributed by atoms with E-state index in [9.17, 15) is 8.42 Å². The topological polar surface area (TPSA) is 107 Å². The van der Waals surface area contributed by atoms with Crippen molar-refractivity contribution in [3.05, 3.63) is 29.3 Å². The van der Waals surface area contributed by atoms with Crippen molar-refractivity contribution >= 4 is 21.8 Å². The molecule has 0 unspecified atom stereocenters. The number of rotatable bonds is 5. The summed E-state index contributed by atoms with van der Waals surface area (Å²) in [6, 6.07) is 3.82. The van der Waals surface area contributed by atoms with E-state index in [2.05, 4.69) is 25.5 Å². The summed E-state index contributed by atoms with van der Waals surface area (Å²) in [5.74, 6) is 2.10. The summed E-state index contributed by atoms with van der Waals surface area (Å²) < 4.78 is 29.5. The van der Waals surface area contributed by atoms with Gasteiger partial charge in [-0.2, -0.15) is 22.1 Å². The first-order valence-electron chi connectivity index (χ1n) is 10.3. The van der Waals surface area contributed by atoms with Gasteiger partial charge in [0.1, 0.15) is 11.6 Å². The van der Waals surface area contributed by atoms with E-state index >= 15 is 0 Å². The number of aryl methyl sites for hydroxylation is 2. The number of anilines is 2. The molecule has 0 aromatic carbocycles. The molecule has 1 atom stereocenters. The van der Waals surface area contributed by atoms with Crippen molar-refractivity contribution in [2.24, 2.45) is 0 Å². The lowest BCUT2D eigenvalue weighted by molar-refractivity contribution is 0.266. The Morgan fingerprint density at radius 2 is 1.76 bits per heavy atom. The summed E-state index contributed by atoms with van der Waals surface area (Å²) in [4.78, 5) is 9.08. The van der Waals surface area contributed by atoms with Crippen LogP contribution in [0.15, 0.2) is 12.1 Å². The Morgan fingerprint density at radius 1 is 1.00 bits per heavy atom. The van der Waals surface area contributed by atoms with Gasteiger partial charge in [0.2, 0.25) is 0 Å². The maximum absolute atomic E-state index is 13.1. The molecule has 2 saturated heterocycles. The lowest BCUT2D eigenvalue weighted by atomic mass is 9.96. The van der Waals surface area contributed by atoms with Crippen LogP contribution in [0.25, 0.3) is 0 Å². The Morgan fingerprint density at radius 3 is 2.48 bits per heavy atom. The SMILES string of the molecule is Cc1nc(Nc2cc(C)[nH]n2)cc([C@H]2CCCN(S(=O)(=O)N3CCCCC3)C2)n1. The molecule has 4 rings (SSSR count). The molecule has 0 saturated carbocycles. The van der Waals surface area contributed by atoms with Gasteiger partial charge in [-0.15, -0.1) is 0 Å². The maximum atomic E-state index is 13.1. The van der Waals surface area contributed by atoms with Gasteiger partial charge in [0.05, 0.1) is 5.69 Å². The summed E-state index contributed by atoms with van der Waals surface area (Å²) in [5.41, 5.74) is 1.84. The molecule has 0 radical (unpaired) electrons. The van der Waals surface area contributed by atoms with Crippen LogP contribution in [0.5, 0.6) is 0 Å². The molecule has 2 aliphatic rings. The van der Waals surface area contributed by atoms with Crippen LogP contribution in [0.3, 0.4) is 0 Å². The van der Waals surface area contributed by atoms with Crippen molar-refractivity contribution in [2.75, 3.05) is 31.5 Å². The van der Waals surface area contributed by atoms with Crippen molar-refractivity contribution in [2.45, 2.75) is 51.9 Å². The first-order valence-corrected chi connectivity index (χ1v) is 11.7. The van der Waals surface area contributed by atoms with Gasteiger partial charge in [-0.05, 0) is 39.5 Å². The van der Waals surface area contributed by atoms with Gasteiger partial charge in [0.25, 0.3) is 10.2 Å². The van der Waals surface area contributed by atoms with Crippen LogP contribution < -0.4 is 5.32 Å². The van der Waals surface area contributed by atoms with E-state index in [-0.39, 0.29) is 5.92 Å². The van der Waals surface area contributed by atoms with E-state index in [1.807, 2.05) is 26.0 Å². The molecule has 9 nitrogen and oxygen atoms in total. The van der Waals surface area contributed by atoms with Crippen molar-refractivity contribution in [1.29, 1.82) is 0 Å². The quantitative estimate of drug-likeness (QED) is 0.771. The summed E-state index contributed by atoms with van der Waals surface area (Å²) in [7, 11) is -3.40. The molecule has 2 N–H and O–H groups in total. The summed E-state index contributed by atoms with van der Waals surface area (Å²) >= 11 is 0. The zero-order valence-electron chi connectivity index (χ0n) is 17.1. The van der Waals surface area contributed by atoms with Crippen LogP contribution >= 0.6 is 0 Å². The molecule has 2 fully saturated rings. The van der Waals surface area contributed by atoms with Crippen LogP contribution in [0.2, 0.25) is 0 Å². The highest BCUT2D eigenvalue weighted by atomic mass is 32.2. The molecule has 0 aliphatic carbocycles. The van der Waals surface area contributed by atoms with Crippen LogP contribution in [-0.4, -0.2) is 63.4 Å². The number of H-pyrrole nitrogens is 1. The predicted molar refractivity (Wildman–Crippen MR) is 111 cm³/mol. The molecule has 29 heavy (non-hydrogen) atoms. The number of hydrogen-bond donors (Lipinski definition) is 2. The minimum Gasteiger partial charge on any atom is -0.323 e. The second-order valence-corrected chi connectivity index (χ2v) is 9.88. The van der Waals surface area contributed by atoms with Crippen molar-refractivity contribution in [3.63, 3.8) is 0 Å². The number of piperidine rings is 2. The predicted octanol–water partition coefficient (Wildman–Crippen LogP) is 2.47. The third kappa shape index (κ3) is 4.59. The summed E-state index contributed by atoms with van der Waals surface area (Å²) in [6.45, 7) is 6.11. The smallest absolute Gasteiger partial charge is 0.281 e. The Kier molecular flexibility index (Phi) is 5.84. The van der Waals surface area contributed by atoms with E-state index in [1.54, 1.807) is 8.61 Å². The largest absolute Gasteiger partial charge is 0.323 e. The van der Waals surface area contributed by atoms with E-state index in [4.69, 9.17) is 0 Å². The number of nitrogens with zero attached hydrogens (tertiary/aromatic N) is 5. The van der Waals surface area contributed by atoms with Crippen molar-refractivity contribution in [1.82, 2.24) is 28.8 Å². The number of aromatic nitrogens is 4. The molecule has 2 aromatic rings. The monoisotopic (exact) mass is 419 g/mol. The molecular weight excluding hydrogens is 390 g/mol. The van der Waals surface area contributed by atoms with Crippen LogP contribution in [-0.2, 0) is 10.2 Å². The Hall–Kier alpha value is -2.04. The molecule has 158 valence electrons. The Labute approximate surface area is 172 Å². The number of nitrogens with one attached hydrogen (secondary N) is 2. The third-order valence-corrected chi connectivity index (χ3v) is 7.59. The fourth-order valence-electron chi connectivity index (χ4n) is 4.13. The van der Waals surface area contributed by atoms with E-state index in [1.165, 1.54) is 0 Å². The highest BCUT2D eigenvalue weighted by molar-refractivity contribution is 7.86. The molecule has 4 heterocycles. The minimum atomic E-state index is -3.40. The first-order chi connectivity index (χ1) is 13.9. The van der Waals surface area contributed by atoms with Crippen LogP contribution in [0, 0.1) is 13.8 Å². The maximum Gasteiger partial charge on any atom is 0.281 e. The lowest BCUT2D eigenvalue weighted by Gasteiger charge is -2.36. The van der Waals surface area contributed by atoms with Crippen LogP contribution in [0.1, 0.15) is 55.2 Å². The van der Waals surface area contributed by atoms with Gasteiger partial charge >= 0.3 is 0 Å². The first kappa shape index (κ1) is 20.2. The average Bonchev–Trinajstić information content (AvgIpc) is 3.13. The normalized spacial score (nSPS) is 21.9. The number of aromatic amines is 1. The highest BCUT2D eigenvalue weighted by Crippen LogP contribution is 2.30. The molecule has 10 heteroatoms.